The number of rotatable bonds is 4. The van der Waals surface area contributed by atoms with Crippen LogP contribution in [0.2, 0.25) is 0 Å². The molecule has 1 atom stereocenters. The number of carboxylic acids is 1. The van der Waals surface area contributed by atoms with Crippen molar-refractivity contribution in [1.82, 2.24) is 9.88 Å². The summed E-state index contributed by atoms with van der Waals surface area (Å²) in [4.78, 5) is 27.7. The van der Waals surface area contributed by atoms with Crippen LogP contribution < -0.4 is 0 Å². The number of aromatic nitrogens is 1. The minimum atomic E-state index is -5.08. The fourth-order valence-electron chi connectivity index (χ4n) is 4.10. The molecule has 5 rings (SSSR count). The van der Waals surface area contributed by atoms with Gasteiger partial charge in [0.2, 0.25) is 0 Å². The lowest BCUT2D eigenvalue weighted by atomic mass is 9.92. The van der Waals surface area contributed by atoms with Crippen molar-refractivity contribution in [2.75, 3.05) is 18.8 Å². The van der Waals surface area contributed by atoms with E-state index in [2.05, 4.69) is 4.98 Å². The molecule has 2 fully saturated rings. The molecule has 1 aromatic heterocycles. The van der Waals surface area contributed by atoms with Crippen LogP contribution in [0.5, 0.6) is 0 Å². The van der Waals surface area contributed by atoms with E-state index in [0.717, 1.165) is 42.0 Å². The molecule has 11 heteroatoms. The van der Waals surface area contributed by atoms with Crippen molar-refractivity contribution in [2.45, 2.75) is 43.3 Å². The Hall–Kier alpha value is -2.63. The van der Waals surface area contributed by atoms with Gasteiger partial charge in [-0.15, -0.1) is 11.8 Å². The highest BCUT2D eigenvalue weighted by molar-refractivity contribution is 8.01. The summed E-state index contributed by atoms with van der Waals surface area (Å²) in [7, 11) is 0. The number of hydrogen-bond acceptors (Lipinski definition) is 6. The van der Waals surface area contributed by atoms with Crippen molar-refractivity contribution in [3.8, 4) is 0 Å². The molecular weight excluding hydrogens is 473 g/mol. The average molecular weight is 497 g/mol. The second-order valence-corrected chi connectivity index (χ2v) is 9.92. The summed E-state index contributed by atoms with van der Waals surface area (Å²) >= 11 is 1.96. The minimum Gasteiger partial charge on any atom is -0.475 e. The second kappa shape index (κ2) is 9.93. The number of carbonyl (C=O) groups excluding carboxylic acids is 1. The topological polar surface area (TPSA) is 89.0 Å². The lowest BCUT2D eigenvalue weighted by Gasteiger charge is -2.47. The Labute approximate surface area is 198 Å². The van der Waals surface area contributed by atoms with Crippen LogP contribution in [0.3, 0.4) is 0 Å². The first-order valence-corrected chi connectivity index (χ1v) is 11.6. The number of aliphatic carboxylic acids is 1. The van der Waals surface area contributed by atoms with Gasteiger partial charge in [-0.3, -0.25) is 9.78 Å². The molecule has 3 aliphatic rings. The van der Waals surface area contributed by atoms with E-state index in [-0.39, 0.29) is 16.8 Å². The van der Waals surface area contributed by atoms with Gasteiger partial charge in [-0.2, -0.15) is 13.2 Å². The summed E-state index contributed by atoms with van der Waals surface area (Å²) in [6.07, 6.45) is -0.212. The number of hydrogen-bond donors (Lipinski definition) is 1. The number of halogens is 3. The molecule has 1 unspecified atom stereocenters. The Kier molecular flexibility index (Phi) is 7.15. The van der Waals surface area contributed by atoms with Gasteiger partial charge in [-0.1, -0.05) is 6.07 Å². The molecule has 1 amide bonds. The Bertz CT molecular complexity index is 1040. The Morgan fingerprint density at radius 2 is 1.85 bits per heavy atom. The number of likely N-dealkylation sites (tertiary alicyclic amines) is 1. The first-order valence-electron chi connectivity index (χ1n) is 10.6. The standard InChI is InChI=1S/C21H22N2O3S.C2HF3O2/c24-20(16-1-2-17-10-25-11-18(17)7-16)23-13-21(14-23)8-19(12-27-21)26-9-15-3-5-22-6-4-15;3-2(4,5)1(6)7/h1-7,19H,8-14H2;(H,6,7). The molecule has 7 nitrogen and oxygen atoms in total. The normalized spacial score (nSPS) is 20.3. The van der Waals surface area contributed by atoms with E-state index >= 15 is 0 Å². The lowest BCUT2D eigenvalue weighted by Crippen LogP contribution is -2.60. The second-order valence-electron chi connectivity index (χ2n) is 8.43. The van der Waals surface area contributed by atoms with Crippen LogP contribution >= 0.6 is 11.8 Å². The molecule has 0 radical (unpaired) electrons. The Morgan fingerprint density at radius 1 is 1.18 bits per heavy atom. The number of fused-ring (bicyclic) bond motifs is 1. The Morgan fingerprint density at radius 3 is 2.53 bits per heavy atom. The molecule has 1 spiro atoms. The predicted molar refractivity (Wildman–Crippen MR) is 117 cm³/mol. The molecule has 4 heterocycles. The van der Waals surface area contributed by atoms with Gasteiger partial charge >= 0.3 is 12.1 Å². The van der Waals surface area contributed by atoms with Gasteiger partial charge in [0.1, 0.15) is 0 Å². The minimum absolute atomic E-state index is 0.136. The molecule has 0 aliphatic carbocycles. The summed E-state index contributed by atoms with van der Waals surface area (Å²) in [6, 6.07) is 9.94. The number of ether oxygens (including phenoxy) is 2. The third-order valence-electron chi connectivity index (χ3n) is 5.87. The molecule has 1 aromatic carbocycles. The number of carboxylic acid groups (broad SMARTS) is 1. The molecule has 0 bridgehead atoms. The van der Waals surface area contributed by atoms with E-state index in [4.69, 9.17) is 19.4 Å². The lowest BCUT2D eigenvalue weighted by molar-refractivity contribution is -0.192. The monoisotopic (exact) mass is 496 g/mol. The number of pyridine rings is 1. The zero-order valence-corrected chi connectivity index (χ0v) is 18.9. The number of benzene rings is 1. The SMILES string of the molecule is O=C(O)C(F)(F)F.O=C(c1ccc2c(c1)COC2)N1CC2(CC(OCc3ccncc3)CS2)C1. The smallest absolute Gasteiger partial charge is 0.475 e. The highest BCUT2D eigenvalue weighted by Crippen LogP contribution is 2.46. The zero-order valence-electron chi connectivity index (χ0n) is 18.1. The third-order valence-corrected chi connectivity index (χ3v) is 7.44. The number of nitrogens with zero attached hydrogens (tertiary/aromatic N) is 2. The average Bonchev–Trinajstić information content (AvgIpc) is 3.43. The summed E-state index contributed by atoms with van der Waals surface area (Å²) in [5.74, 6) is -1.62. The number of carbonyl (C=O) groups is 2. The number of thioether (sulfide) groups is 1. The van der Waals surface area contributed by atoms with Crippen LogP contribution in [0.1, 0.15) is 33.5 Å². The molecular formula is C23H23F3N2O5S. The molecule has 182 valence electrons. The van der Waals surface area contributed by atoms with Gasteiger partial charge in [0.15, 0.2) is 0 Å². The van der Waals surface area contributed by atoms with Crippen molar-refractivity contribution >= 4 is 23.6 Å². The number of alkyl halides is 3. The molecule has 3 aliphatic heterocycles. The maximum atomic E-state index is 12.8. The van der Waals surface area contributed by atoms with Gasteiger partial charge in [-0.05, 0) is 47.4 Å². The van der Waals surface area contributed by atoms with Crippen molar-refractivity contribution in [3.05, 3.63) is 65.0 Å². The maximum absolute atomic E-state index is 12.8. The highest BCUT2D eigenvalue weighted by Gasteiger charge is 2.51. The summed E-state index contributed by atoms with van der Waals surface area (Å²) in [5, 5.41) is 7.12. The van der Waals surface area contributed by atoms with Gasteiger partial charge < -0.3 is 19.5 Å². The van der Waals surface area contributed by atoms with Crippen LogP contribution in [0, 0.1) is 0 Å². The quantitative estimate of drug-likeness (QED) is 0.691. The molecule has 34 heavy (non-hydrogen) atoms. The van der Waals surface area contributed by atoms with Crippen molar-refractivity contribution in [2.24, 2.45) is 0 Å². The summed E-state index contributed by atoms with van der Waals surface area (Å²) < 4.78 is 43.4. The van der Waals surface area contributed by atoms with Gasteiger partial charge in [0.25, 0.3) is 5.91 Å². The fraction of sp³-hybridized carbons (Fsp3) is 0.435. The van der Waals surface area contributed by atoms with Gasteiger partial charge in [0.05, 0.1) is 30.7 Å². The fourth-order valence-corrected chi connectivity index (χ4v) is 5.66. The zero-order chi connectivity index (χ0) is 24.3. The van der Waals surface area contributed by atoms with Crippen LogP contribution in [0.4, 0.5) is 13.2 Å². The predicted octanol–water partition coefficient (Wildman–Crippen LogP) is 3.66. The van der Waals surface area contributed by atoms with E-state index in [9.17, 15) is 18.0 Å². The van der Waals surface area contributed by atoms with Gasteiger partial charge in [-0.25, -0.2) is 4.79 Å². The van der Waals surface area contributed by atoms with Crippen molar-refractivity contribution in [1.29, 1.82) is 0 Å². The first kappa shape index (κ1) is 24.5. The first-order chi connectivity index (χ1) is 16.2. The number of amides is 1. The van der Waals surface area contributed by atoms with E-state index < -0.39 is 12.1 Å². The Balaban J connectivity index is 0.000000344. The molecule has 1 N–H and O–H groups in total. The van der Waals surface area contributed by atoms with Crippen molar-refractivity contribution in [3.63, 3.8) is 0 Å². The van der Waals surface area contributed by atoms with E-state index in [1.165, 1.54) is 5.56 Å². The van der Waals surface area contributed by atoms with Crippen molar-refractivity contribution < 1.29 is 37.3 Å². The summed E-state index contributed by atoms with van der Waals surface area (Å²) in [5.41, 5.74) is 4.28. The maximum Gasteiger partial charge on any atom is 0.490 e. The van der Waals surface area contributed by atoms with E-state index in [1.807, 2.05) is 47.0 Å². The third kappa shape index (κ3) is 5.70. The summed E-state index contributed by atoms with van der Waals surface area (Å²) in [6.45, 7) is 3.54. The van der Waals surface area contributed by atoms with Gasteiger partial charge in [0, 0.05) is 36.8 Å². The largest absolute Gasteiger partial charge is 0.490 e. The van der Waals surface area contributed by atoms with Crippen LogP contribution in [-0.2, 0) is 34.1 Å². The van der Waals surface area contributed by atoms with Crippen LogP contribution in [0.15, 0.2) is 42.7 Å². The van der Waals surface area contributed by atoms with E-state index in [1.54, 1.807) is 12.4 Å². The molecule has 2 saturated heterocycles. The van der Waals surface area contributed by atoms with Crippen LogP contribution in [0.25, 0.3) is 0 Å². The highest BCUT2D eigenvalue weighted by atomic mass is 32.2. The molecule has 0 saturated carbocycles. The molecule has 2 aromatic rings. The van der Waals surface area contributed by atoms with Crippen LogP contribution in [-0.4, -0.2) is 62.7 Å². The van der Waals surface area contributed by atoms with E-state index in [0.29, 0.717) is 19.8 Å².